The van der Waals surface area contributed by atoms with Crippen LogP contribution in [0.15, 0.2) is 48.5 Å². The van der Waals surface area contributed by atoms with E-state index in [1.807, 2.05) is 31.3 Å². The Bertz CT molecular complexity index is 792. The van der Waals surface area contributed by atoms with Crippen LogP contribution < -0.4 is 19.7 Å². The Morgan fingerprint density at radius 2 is 1.68 bits per heavy atom. The molecule has 0 spiro atoms. The molecule has 0 aliphatic carbocycles. The molecule has 28 heavy (non-hydrogen) atoms. The van der Waals surface area contributed by atoms with E-state index in [4.69, 9.17) is 9.47 Å². The van der Waals surface area contributed by atoms with Crippen molar-refractivity contribution in [1.29, 1.82) is 0 Å². The first-order valence-corrected chi connectivity index (χ1v) is 9.04. The van der Waals surface area contributed by atoms with E-state index in [-0.39, 0.29) is 24.9 Å². The SMILES string of the molecule is COc1ccc(NC(=O)C[NH+](C)CC(=O)N(C)Cc2ccccc2OC)cc1. The lowest BCUT2D eigenvalue weighted by molar-refractivity contribution is -0.862. The molecule has 7 nitrogen and oxygen atoms in total. The standard InChI is InChI=1S/C21H27N3O4/c1-23(14-20(25)22-17-9-11-18(27-3)12-10-17)15-21(26)24(2)13-16-7-5-6-8-19(16)28-4/h5-12H,13-15H2,1-4H3,(H,22,25)/p+1. The predicted octanol–water partition coefficient (Wildman–Crippen LogP) is 0.816. The first kappa shape index (κ1) is 21.2. The lowest BCUT2D eigenvalue weighted by Crippen LogP contribution is -3.11. The second-order valence-electron chi connectivity index (χ2n) is 6.65. The monoisotopic (exact) mass is 386 g/mol. The number of amides is 2. The van der Waals surface area contributed by atoms with Crippen LogP contribution in [0.25, 0.3) is 0 Å². The molecule has 2 amide bonds. The minimum atomic E-state index is -0.150. The Hall–Kier alpha value is -3.06. The van der Waals surface area contributed by atoms with Crippen molar-refractivity contribution in [3.05, 3.63) is 54.1 Å². The molecule has 2 N–H and O–H groups in total. The maximum Gasteiger partial charge on any atom is 0.279 e. The maximum absolute atomic E-state index is 12.5. The topological polar surface area (TPSA) is 72.3 Å². The van der Waals surface area contributed by atoms with Gasteiger partial charge in [-0.25, -0.2) is 0 Å². The maximum atomic E-state index is 12.5. The highest BCUT2D eigenvalue weighted by atomic mass is 16.5. The van der Waals surface area contributed by atoms with Crippen molar-refractivity contribution >= 4 is 17.5 Å². The molecule has 2 aromatic rings. The smallest absolute Gasteiger partial charge is 0.279 e. The van der Waals surface area contributed by atoms with Crippen molar-refractivity contribution in [2.45, 2.75) is 6.54 Å². The molecule has 2 rings (SSSR count). The number of methoxy groups -OCH3 is 2. The number of carbonyl (C=O) groups is 2. The molecule has 0 saturated carbocycles. The molecule has 2 aromatic carbocycles. The summed E-state index contributed by atoms with van der Waals surface area (Å²) in [6, 6.07) is 14.7. The molecule has 0 aromatic heterocycles. The number of nitrogens with one attached hydrogen (secondary N) is 2. The van der Waals surface area contributed by atoms with Gasteiger partial charge in [-0.3, -0.25) is 9.59 Å². The number of likely N-dealkylation sites (N-methyl/N-ethyl adjacent to an activating group) is 2. The number of carbonyl (C=O) groups excluding carboxylic acids is 2. The van der Waals surface area contributed by atoms with Crippen molar-refractivity contribution in [3.63, 3.8) is 0 Å². The van der Waals surface area contributed by atoms with Gasteiger partial charge in [0.15, 0.2) is 13.1 Å². The zero-order chi connectivity index (χ0) is 20.5. The summed E-state index contributed by atoms with van der Waals surface area (Å²) >= 11 is 0. The van der Waals surface area contributed by atoms with Crippen LogP contribution in [0.1, 0.15) is 5.56 Å². The van der Waals surface area contributed by atoms with Crippen molar-refractivity contribution in [3.8, 4) is 11.5 Å². The number of nitrogens with zero attached hydrogens (tertiary/aromatic N) is 1. The van der Waals surface area contributed by atoms with Crippen LogP contribution in [-0.2, 0) is 16.1 Å². The summed E-state index contributed by atoms with van der Waals surface area (Å²) < 4.78 is 10.4. The molecule has 1 atom stereocenters. The van der Waals surface area contributed by atoms with Gasteiger partial charge in [0.05, 0.1) is 21.3 Å². The van der Waals surface area contributed by atoms with Crippen LogP contribution in [0.3, 0.4) is 0 Å². The van der Waals surface area contributed by atoms with Crippen molar-refractivity contribution in [1.82, 2.24) is 4.90 Å². The van der Waals surface area contributed by atoms with Gasteiger partial charge >= 0.3 is 0 Å². The van der Waals surface area contributed by atoms with Gasteiger partial charge < -0.3 is 24.6 Å². The molecule has 7 heteroatoms. The molecule has 0 aliphatic rings. The lowest BCUT2D eigenvalue weighted by Gasteiger charge is -2.21. The number of para-hydroxylation sites is 1. The zero-order valence-corrected chi connectivity index (χ0v) is 16.8. The van der Waals surface area contributed by atoms with Gasteiger partial charge in [-0.1, -0.05) is 18.2 Å². The minimum absolute atomic E-state index is 0.0411. The lowest BCUT2D eigenvalue weighted by atomic mass is 10.2. The molecular weight excluding hydrogens is 358 g/mol. The molecule has 0 fully saturated rings. The van der Waals surface area contributed by atoms with Crippen LogP contribution in [0.5, 0.6) is 11.5 Å². The van der Waals surface area contributed by atoms with E-state index in [9.17, 15) is 9.59 Å². The Morgan fingerprint density at radius 3 is 2.32 bits per heavy atom. The third-order valence-electron chi connectivity index (χ3n) is 4.31. The van der Waals surface area contributed by atoms with Crippen LogP contribution in [0, 0.1) is 0 Å². The zero-order valence-electron chi connectivity index (χ0n) is 16.8. The highest BCUT2D eigenvalue weighted by Crippen LogP contribution is 2.18. The summed E-state index contributed by atoms with van der Waals surface area (Å²) in [7, 11) is 6.77. The Labute approximate surface area is 165 Å². The molecule has 150 valence electrons. The number of quaternary nitrogens is 1. The summed E-state index contributed by atoms with van der Waals surface area (Å²) in [6.07, 6.45) is 0. The molecule has 0 heterocycles. The summed E-state index contributed by atoms with van der Waals surface area (Å²) in [5, 5.41) is 2.82. The normalized spacial score (nSPS) is 11.4. The fourth-order valence-electron chi connectivity index (χ4n) is 2.79. The van der Waals surface area contributed by atoms with Crippen molar-refractivity contribution in [2.24, 2.45) is 0 Å². The Balaban J connectivity index is 1.82. The fourth-order valence-corrected chi connectivity index (χ4v) is 2.79. The second-order valence-corrected chi connectivity index (χ2v) is 6.65. The number of hydrogen-bond donors (Lipinski definition) is 2. The largest absolute Gasteiger partial charge is 0.497 e. The van der Waals surface area contributed by atoms with E-state index in [1.165, 1.54) is 0 Å². The van der Waals surface area contributed by atoms with E-state index < -0.39 is 0 Å². The highest BCUT2D eigenvalue weighted by Gasteiger charge is 2.18. The first-order chi connectivity index (χ1) is 13.4. The predicted molar refractivity (Wildman–Crippen MR) is 108 cm³/mol. The van der Waals surface area contributed by atoms with Gasteiger partial charge in [0, 0.05) is 24.8 Å². The van der Waals surface area contributed by atoms with E-state index >= 15 is 0 Å². The highest BCUT2D eigenvalue weighted by molar-refractivity contribution is 5.91. The van der Waals surface area contributed by atoms with Gasteiger partial charge in [-0.2, -0.15) is 0 Å². The number of benzene rings is 2. The molecule has 0 saturated heterocycles. The Morgan fingerprint density at radius 1 is 1.00 bits per heavy atom. The molecule has 0 aliphatic heterocycles. The summed E-state index contributed by atoms with van der Waals surface area (Å²) in [6.45, 7) is 0.871. The molecule has 1 unspecified atom stereocenters. The van der Waals surface area contributed by atoms with E-state index in [0.717, 1.165) is 22.0 Å². The van der Waals surface area contributed by atoms with Crippen molar-refractivity contribution in [2.75, 3.05) is 46.7 Å². The molecular formula is C21H28N3O4+. The minimum Gasteiger partial charge on any atom is -0.497 e. The van der Waals surface area contributed by atoms with Gasteiger partial charge in [0.1, 0.15) is 11.5 Å². The van der Waals surface area contributed by atoms with Crippen molar-refractivity contribution < 1.29 is 24.0 Å². The van der Waals surface area contributed by atoms with Crippen LogP contribution in [0.2, 0.25) is 0 Å². The van der Waals surface area contributed by atoms with Crippen LogP contribution >= 0.6 is 0 Å². The summed E-state index contributed by atoms with van der Waals surface area (Å²) in [4.78, 5) is 27.1. The molecule has 0 bridgehead atoms. The number of hydrogen-bond acceptors (Lipinski definition) is 4. The average Bonchev–Trinajstić information content (AvgIpc) is 2.68. The number of ether oxygens (including phenoxy) is 2. The quantitative estimate of drug-likeness (QED) is 0.669. The van der Waals surface area contributed by atoms with E-state index in [2.05, 4.69) is 5.32 Å². The Kier molecular flexibility index (Phi) is 7.83. The van der Waals surface area contributed by atoms with Crippen LogP contribution in [0.4, 0.5) is 5.69 Å². The van der Waals surface area contributed by atoms with Gasteiger partial charge in [0.25, 0.3) is 11.8 Å². The summed E-state index contributed by atoms with van der Waals surface area (Å²) in [5.41, 5.74) is 1.63. The third kappa shape index (κ3) is 6.28. The summed E-state index contributed by atoms with van der Waals surface area (Å²) in [5.74, 6) is 1.29. The van der Waals surface area contributed by atoms with E-state index in [0.29, 0.717) is 12.2 Å². The number of anilines is 1. The van der Waals surface area contributed by atoms with Gasteiger partial charge in [0.2, 0.25) is 0 Å². The molecule has 0 radical (unpaired) electrons. The van der Waals surface area contributed by atoms with Crippen LogP contribution in [-0.4, -0.2) is 58.1 Å². The number of rotatable bonds is 9. The average molecular weight is 386 g/mol. The van der Waals surface area contributed by atoms with Gasteiger partial charge in [-0.15, -0.1) is 0 Å². The van der Waals surface area contributed by atoms with E-state index in [1.54, 1.807) is 50.4 Å². The third-order valence-corrected chi connectivity index (χ3v) is 4.31. The fraction of sp³-hybridized carbons (Fsp3) is 0.333. The first-order valence-electron chi connectivity index (χ1n) is 9.04. The second kappa shape index (κ2) is 10.3. The van der Waals surface area contributed by atoms with Gasteiger partial charge in [-0.05, 0) is 30.3 Å².